The van der Waals surface area contributed by atoms with Crippen LogP contribution in [0.1, 0.15) is 29.2 Å². The number of hydrogen-bond donors (Lipinski definition) is 0. The van der Waals surface area contributed by atoms with Gasteiger partial charge in [-0.15, -0.1) is 29.9 Å². The van der Waals surface area contributed by atoms with Gasteiger partial charge in [0.25, 0.3) is 0 Å². The number of rotatable bonds is 7. The van der Waals surface area contributed by atoms with E-state index in [1.807, 2.05) is 72.8 Å². The van der Waals surface area contributed by atoms with Crippen molar-refractivity contribution in [2.24, 2.45) is 0 Å². The molecule has 14 heteroatoms. The highest BCUT2D eigenvalue weighted by molar-refractivity contribution is 7.76. The van der Waals surface area contributed by atoms with E-state index in [4.69, 9.17) is 0 Å². The van der Waals surface area contributed by atoms with E-state index in [9.17, 15) is 52.7 Å². The van der Waals surface area contributed by atoms with Crippen molar-refractivity contribution >= 4 is 37.1 Å². The van der Waals surface area contributed by atoms with Crippen molar-refractivity contribution in [2.45, 2.75) is 37.3 Å². The molecule has 0 heterocycles. The molecule has 0 saturated heterocycles. The Morgan fingerprint density at radius 1 is 0.491 bits per heavy atom. The predicted octanol–water partition coefficient (Wildman–Crippen LogP) is 12.2. The Morgan fingerprint density at radius 2 is 0.909 bits per heavy atom. The lowest BCUT2D eigenvalue weighted by molar-refractivity contribution is -0.144. The molecule has 0 amide bonds. The normalized spacial score (nSPS) is 17.1. The fourth-order valence-corrected chi connectivity index (χ4v) is 11.7. The first kappa shape index (κ1) is 40.1. The van der Waals surface area contributed by atoms with Crippen LogP contribution in [0.5, 0.6) is 0 Å². The third-order valence-electron chi connectivity index (χ3n) is 8.85. The van der Waals surface area contributed by atoms with Gasteiger partial charge in [-0.05, 0) is 65.5 Å². The van der Waals surface area contributed by atoms with Gasteiger partial charge in [0.1, 0.15) is 0 Å². The molecule has 0 nitrogen and oxygen atoms in total. The second-order valence-electron chi connectivity index (χ2n) is 12.5. The van der Waals surface area contributed by atoms with E-state index in [0.29, 0.717) is 41.0 Å². The lowest BCUT2D eigenvalue weighted by Crippen LogP contribution is -2.27. The molecule has 55 heavy (non-hydrogen) atoms. The molecule has 0 bridgehead atoms. The van der Waals surface area contributed by atoms with Gasteiger partial charge in [0, 0.05) is 5.66 Å². The number of hydrogen-bond acceptors (Lipinski definition) is 0. The van der Waals surface area contributed by atoms with E-state index in [2.05, 4.69) is 0 Å². The molecular weight excluding hydrogens is 782 g/mol. The van der Waals surface area contributed by atoms with Crippen molar-refractivity contribution in [3.63, 3.8) is 0 Å². The van der Waals surface area contributed by atoms with Gasteiger partial charge >= 0.3 is 24.7 Å². The molecule has 286 valence electrons. The Bertz CT molecular complexity index is 2010. The maximum atomic E-state index is 14.1. The number of alkyl halides is 12. The number of halogens is 12. The van der Waals surface area contributed by atoms with E-state index in [1.165, 1.54) is 13.0 Å². The van der Waals surface area contributed by atoms with E-state index in [-0.39, 0.29) is 12.1 Å². The van der Waals surface area contributed by atoms with Crippen molar-refractivity contribution in [3.8, 4) is 0 Å². The minimum atomic E-state index is -5.33. The Morgan fingerprint density at radius 3 is 1.31 bits per heavy atom. The highest BCUT2D eigenvalue weighted by Crippen LogP contribution is 2.55. The van der Waals surface area contributed by atoms with Crippen LogP contribution in [0.15, 0.2) is 156 Å². The van der Waals surface area contributed by atoms with Gasteiger partial charge in [-0.3, -0.25) is 0 Å². The summed E-state index contributed by atoms with van der Waals surface area (Å²) in [6.07, 6.45) is -9.33. The van der Waals surface area contributed by atoms with Gasteiger partial charge in [-0.1, -0.05) is 111 Å². The molecular formula is C41H27F12P2-. The first-order chi connectivity index (χ1) is 25.7. The zero-order valence-electron chi connectivity index (χ0n) is 28.3. The molecule has 0 fully saturated rings. The SMILES string of the molecule is CC(C1=CC=C/C1=C1/C=CC=C[C-]1P(c1ccccc1)c1ccccc1)P(c1cc(C(F)(F)F)cc(C(F)(F)F)c1)c1cc(C(F)(F)F)cc(C(F)(F)F)c1. The van der Waals surface area contributed by atoms with Crippen molar-refractivity contribution in [3.05, 3.63) is 184 Å². The molecule has 0 radical (unpaired) electrons. The third-order valence-corrected chi connectivity index (χ3v) is 14.0. The quantitative estimate of drug-likeness (QED) is 0.0991. The molecule has 2 aliphatic rings. The summed E-state index contributed by atoms with van der Waals surface area (Å²) in [5.74, 6) is 0. The Balaban J connectivity index is 1.59. The highest BCUT2D eigenvalue weighted by atomic mass is 31.1. The van der Waals surface area contributed by atoms with E-state index >= 15 is 0 Å². The summed E-state index contributed by atoms with van der Waals surface area (Å²) in [5.41, 5.74) is -5.96. The fraction of sp³-hybridized carbons (Fsp3) is 0.146. The average molecular weight is 810 g/mol. The van der Waals surface area contributed by atoms with Gasteiger partial charge in [-0.2, -0.15) is 52.7 Å². The lowest BCUT2D eigenvalue weighted by atomic mass is 9.95. The van der Waals surface area contributed by atoms with Gasteiger partial charge < -0.3 is 0 Å². The summed E-state index contributed by atoms with van der Waals surface area (Å²) in [6.45, 7) is 1.39. The predicted molar refractivity (Wildman–Crippen MR) is 193 cm³/mol. The van der Waals surface area contributed by atoms with Crippen molar-refractivity contribution in [1.82, 2.24) is 0 Å². The van der Waals surface area contributed by atoms with E-state index in [0.717, 1.165) is 16.3 Å². The monoisotopic (exact) mass is 809 g/mol. The summed E-state index contributed by atoms with van der Waals surface area (Å²) in [7, 11) is -4.10. The fourth-order valence-electron chi connectivity index (χ4n) is 6.41. The first-order valence-electron chi connectivity index (χ1n) is 16.4. The van der Waals surface area contributed by atoms with Gasteiger partial charge in [0.15, 0.2) is 0 Å². The van der Waals surface area contributed by atoms with Crippen LogP contribution < -0.4 is 21.2 Å². The summed E-state index contributed by atoms with van der Waals surface area (Å²) in [5, 5.41) is 0.500. The van der Waals surface area contributed by atoms with Crippen LogP contribution in [-0.2, 0) is 24.7 Å². The van der Waals surface area contributed by atoms with Gasteiger partial charge in [-0.25, -0.2) is 0 Å². The topological polar surface area (TPSA) is 0 Å². The summed E-state index contributed by atoms with van der Waals surface area (Å²) in [6, 6.07) is 20.2. The lowest BCUT2D eigenvalue weighted by Gasteiger charge is -2.38. The highest BCUT2D eigenvalue weighted by Gasteiger charge is 2.41. The summed E-state index contributed by atoms with van der Waals surface area (Å²) < 4.78 is 170. The molecule has 4 aromatic carbocycles. The van der Waals surface area contributed by atoms with Crippen LogP contribution in [0.4, 0.5) is 52.7 Å². The van der Waals surface area contributed by atoms with Crippen LogP contribution in [-0.4, -0.2) is 5.66 Å². The molecule has 6 rings (SSSR count). The number of allylic oxidation sites excluding steroid dienone is 10. The third kappa shape index (κ3) is 8.81. The van der Waals surface area contributed by atoms with Crippen LogP contribution >= 0.6 is 15.8 Å². The number of benzene rings is 4. The maximum Gasteiger partial charge on any atom is 0.416 e. The molecule has 0 spiro atoms. The van der Waals surface area contributed by atoms with Crippen LogP contribution in [0.3, 0.4) is 0 Å². The molecule has 1 atom stereocenters. The van der Waals surface area contributed by atoms with Crippen molar-refractivity contribution < 1.29 is 52.7 Å². The Kier molecular flexibility index (Phi) is 11.1. The standard InChI is InChI=1S/C41H27F12P2/c1-25(34-16-10-17-35(34)36-15-8-9-18-37(36)55(30-11-4-2-5-12-30)31-13-6-3-7-14-31)54(32-21-26(38(42,43)44)19-27(22-32)39(45,46)47)33-23-28(40(48,49)50)20-29(24-33)41(51,52)53/h2-25H,1H3/q-1/b36-35+. The van der Waals surface area contributed by atoms with Crippen molar-refractivity contribution in [1.29, 1.82) is 0 Å². The largest absolute Gasteiger partial charge is 0.416 e. The summed E-state index contributed by atoms with van der Waals surface area (Å²) in [4.78, 5) is 0. The van der Waals surface area contributed by atoms with Gasteiger partial charge in [0.05, 0.1) is 22.3 Å². The van der Waals surface area contributed by atoms with Crippen LogP contribution in [0, 0.1) is 5.66 Å². The van der Waals surface area contributed by atoms with Crippen LogP contribution in [0.25, 0.3) is 0 Å². The van der Waals surface area contributed by atoms with E-state index < -0.39 is 79.1 Å². The minimum Gasteiger partial charge on any atom is -0.166 e. The molecule has 4 aromatic rings. The van der Waals surface area contributed by atoms with Crippen LogP contribution in [0.2, 0.25) is 0 Å². The minimum absolute atomic E-state index is 0.130. The zero-order chi connectivity index (χ0) is 39.9. The first-order valence-corrected chi connectivity index (χ1v) is 19.1. The molecule has 2 aliphatic carbocycles. The molecule has 0 aromatic heterocycles. The Labute approximate surface area is 310 Å². The average Bonchev–Trinajstić information content (AvgIpc) is 3.61. The maximum absolute atomic E-state index is 14.1. The second kappa shape index (κ2) is 15.2. The molecule has 0 aliphatic heterocycles. The van der Waals surface area contributed by atoms with Crippen molar-refractivity contribution in [2.75, 3.05) is 0 Å². The molecule has 0 N–H and O–H groups in total. The zero-order valence-corrected chi connectivity index (χ0v) is 30.1. The molecule has 1 unspecified atom stereocenters. The van der Waals surface area contributed by atoms with E-state index in [1.54, 1.807) is 24.3 Å². The second-order valence-corrected chi connectivity index (χ2v) is 17.2. The smallest absolute Gasteiger partial charge is 0.166 e. The molecule has 0 saturated carbocycles. The Hall–Kier alpha value is -4.53. The van der Waals surface area contributed by atoms with Gasteiger partial charge in [0.2, 0.25) is 0 Å². The summed E-state index contributed by atoms with van der Waals surface area (Å²) >= 11 is 0.